The lowest BCUT2D eigenvalue weighted by atomic mass is 9.66. The number of amides is 3. The van der Waals surface area contributed by atoms with Crippen LogP contribution in [0.5, 0.6) is 0 Å². The van der Waals surface area contributed by atoms with Gasteiger partial charge in [-0.15, -0.1) is 13.2 Å². The predicted octanol–water partition coefficient (Wildman–Crippen LogP) is 4.22. The molecular formula is C32H36ClN3O5. The van der Waals surface area contributed by atoms with Gasteiger partial charge in [0.25, 0.3) is 5.91 Å². The van der Waals surface area contributed by atoms with Crippen LogP contribution >= 0.6 is 11.6 Å². The summed E-state index contributed by atoms with van der Waals surface area (Å²) in [6.07, 6.45) is 4.17. The van der Waals surface area contributed by atoms with Gasteiger partial charge in [0.1, 0.15) is 11.6 Å². The number of aliphatic hydroxyl groups excluding tert-OH is 1. The van der Waals surface area contributed by atoms with Crippen LogP contribution in [0.3, 0.4) is 0 Å². The molecule has 5 rings (SSSR count). The molecule has 8 nitrogen and oxygen atoms in total. The number of anilines is 2. The summed E-state index contributed by atoms with van der Waals surface area (Å²) in [6, 6.07) is 14.5. The fourth-order valence-electron chi connectivity index (χ4n) is 7.06. The van der Waals surface area contributed by atoms with E-state index in [1.54, 1.807) is 48.2 Å². The minimum Gasteiger partial charge on any atom is -0.394 e. The topological polar surface area (TPSA) is 90.4 Å². The maximum Gasteiger partial charge on any atom is 0.253 e. The summed E-state index contributed by atoms with van der Waals surface area (Å²) in [7, 11) is 0. The van der Waals surface area contributed by atoms with Crippen molar-refractivity contribution in [1.29, 1.82) is 0 Å². The van der Waals surface area contributed by atoms with Crippen molar-refractivity contribution in [3.8, 4) is 0 Å². The number of halogens is 1. The highest BCUT2D eigenvalue weighted by Crippen LogP contribution is 2.64. The Kier molecular flexibility index (Phi) is 7.85. The Morgan fingerprint density at radius 2 is 1.71 bits per heavy atom. The number of ether oxygens (including phenoxy) is 1. The van der Waals surface area contributed by atoms with Crippen LogP contribution < -0.4 is 9.80 Å². The molecule has 0 saturated carbocycles. The highest BCUT2D eigenvalue weighted by molar-refractivity contribution is 6.34. The number of nitrogens with zero attached hydrogens (tertiary/aromatic N) is 3. The Morgan fingerprint density at radius 1 is 1.07 bits per heavy atom. The van der Waals surface area contributed by atoms with E-state index in [2.05, 4.69) is 13.2 Å². The van der Waals surface area contributed by atoms with Crippen molar-refractivity contribution < 1.29 is 24.2 Å². The van der Waals surface area contributed by atoms with Crippen molar-refractivity contribution in [3.05, 3.63) is 84.9 Å². The van der Waals surface area contributed by atoms with Gasteiger partial charge in [-0.1, -0.05) is 54.1 Å². The average molecular weight is 578 g/mol. The molecule has 3 aliphatic heterocycles. The minimum absolute atomic E-state index is 0.149. The zero-order valence-electron chi connectivity index (χ0n) is 23.4. The number of para-hydroxylation sites is 2. The molecule has 216 valence electrons. The smallest absolute Gasteiger partial charge is 0.253 e. The van der Waals surface area contributed by atoms with E-state index in [-0.39, 0.29) is 31.5 Å². The van der Waals surface area contributed by atoms with Gasteiger partial charge in [-0.05, 0) is 51.0 Å². The monoisotopic (exact) mass is 577 g/mol. The molecule has 0 radical (unpaired) electrons. The van der Waals surface area contributed by atoms with Gasteiger partial charge in [0.2, 0.25) is 11.8 Å². The van der Waals surface area contributed by atoms with Crippen molar-refractivity contribution in [1.82, 2.24) is 4.90 Å². The quantitative estimate of drug-likeness (QED) is 0.427. The Morgan fingerprint density at radius 3 is 2.34 bits per heavy atom. The Balaban J connectivity index is 1.62. The third-order valence-electron chi connectivity index (χ3n) is 8.82. The molecule has 3 fully saturated rings. The van der Waals surface area contributed by atoms with Crippen LogP contribution in [-0.4, -0.2) is 70.7 Å². The summed E-state index contributed by atoms with van der Waals surface area (Å²) in [5.74, 6) is -2.74. The molecule has 3 saturated heterocycles. The van der Waals surface area contributed by atoms with E-state index in [9.17, 15) is 19.5 Å². The van der Waals surface area contributed by atoms with Crippen molar-refractivity contribution in [2.24, 2.45) is 11.8 Å². The molecule has 2 aromatic rings. The fourth-order valence-corrected chi connectivity index (χ4v) is 7.30. The first kappa shape index (κ1) is 29.0. The summed E-state index contributed by atoms with van der Waals surface area (Å²) >= 11 is 6.52. The highest BCUT2D eigenvalue weighted by Gasteiger charge is 2.78. The van der Waals surface area contributed by atoms with E-state index >= 15 is 0 Å². The van der Waals surface area contributed by atoms with Gasteiger partial charge < -0.3 is 24.5 Å². The Bertz CT molecular complexity index is 1370. The van der Waals surface area contributed by atoms with Crippen LogP contribution in [0.25, 0.3) is 0 Å². The SMILES string of the molecule is C=CCN(C(=O)[C@H]1[C@H]2C(=O)N([C@H](C)CO)C(C(=O)N(CC=C)c3ccccc3Cl)C23CC[C@]1(C)O3)c1ccccc1. The summed E-state index contributed by atoms with van der Waals surface area (Å²) in [4.78, 5) is 47.9. The lowest BCUT2D eigenvalue weighted by Crippen LogP contribution is -2.58. The van der Waals surface area contributed by atoms with E-state index in [1.807, 2.05) is 37.3 Å². The number of fused-ring (bicyclic) bond motifs is 1. The van der Waals surface area contributed by atoms with Crippen LogP contribution in [0.2, 0.25) is 5.02 Å². The van der Waals surface area contributed by atoms with E-state index in [0.29, 0.717) is 29.2 Å². The van der Waals surface area contributed by atoms with Crippen molar-refractivity contribution in [2.75, 3.05) is 29.5 Å². The average Bonchev–Trinajstić information content (AvgIpc) is 3.55. The summed E-state index contributed by atoms with van der Waals surface area (Å²) in [5.41, 5.74) is -1.03. The number of carbonyl (C=O) groups is 3. The number of aliphatic hydroxyl groups is 1. The van der Waals surface area contributed by atoms with Crippen LogP contribution in [0, 0.1) is 11.8 Å². The molecule has 2 aromatic carbocycles. The fraction of sp³-hybridized carbons (Fsp3) is 0.406. The van der Waals surface area contributed by atoms with Gasteiger partial charge in [0, 0.05) is 18.8 Å². The first-order valence-corrected chi connectivity index (χ1v) is 14.3. The van der Waals surface area contributed by atoms with Crippen LogP contribution in [0.4, 0.5) is 11.4 Å². The molecule has 2 unspecified atom stereocenters. The predicted molar refractivity (Wildman–Crippen MR) is 159 cm³/mol. The van der Waals surface area contributed by atoms with Crippen molar-refractivity contribution in [2.45, 2.75) is 50.0 Å². The van der Waals surface area contributed by atoms with Gasteiger partial charge in [0.15, 0.2) is 0 Å². The minimum atomic E-state index is -1.25. The second kappa shape index (κ2) is 11.1. The van der Waals surface area contributed by atoms with Crippen molar-refractivity contribution in [3.63, 3.8) is 0 Å². The third kappa shape index (κ3) is 4.49. The molecular weight excluding hydrogens is 542 g/mol. The molecule has 1 N–H and O–H groups in total. The molecule has 0 aromatic heterocycles. The van der Waals surface area contributed by atoms with E-state index in [0.717, 1.165) is 0 Å². The van der Waals surface area contributed by atoms with Crippen LogP contribution in [0.1, 0.15) is 26.7 Å². The number of likely N-dealkylation sites (tertiary alicyclic amines) is 1. The second-order valence-corrected chi connectivity index (χ2v) is 11.7. The van der Waals surface area contributed by atoms with E-state index in [4.69, 9.17) is 16.3 Å². The van der Waals surface area contributed by atoms with Gasteiger partial charge in [-0.3, -0.25) is 14.4 Å². The number of rotatable bonds is 10. The van der Waals surface area contributed by atoms with Gasteiger partial charge in [0.05, 0.1) is 40.8 Å². The largest absolute Gasteiger partial charge is 0.394 e. The molecule has 3 heterocycles. The summed E-state index contributed by atoms with van der Waals surface area (Å²) in [6.45, 7) is 11.3. The van der Waals surface area contributed by atoms with E-state index < -0.39 is 41.0 Å². The maximum absolute atomic E-state index is 14.6. The Hall–Kier alpha value is -3.46. The standard InChI is InChI=1S/C32H36ClN3O5/c1-5-18-34(22-12-8-7-9-13-22)28(38)25-26-29(39)36(21(3)20-37)27(32(26)17-16-31(25,4)41-32)30(40)35(19-6-2)24-15-11-10-14-23(24)33/h5-15,21,25-27,37H,1-2,16-20H2,3-4H3/t21-,25-,26+,27?,31+,32?/m1/s1. The molecule has 41 heavy (non-hydrogen) atoms. The Labute approximate surface area is 245 Å². The molecule has 3 aliphatic rings. The number of hydrogen-bond acceptors (Lipinski definition) is 5. The normalized spacial score (nSPS) is 28.7. The third-order valence-corrected chi connectivity index (χ3v) is 9.14. The van der Waals surface area contributed by atoms with Crippen LogP contribution in [0.15, 0.2) is 79.9 Å². The number of carbonyl (C=O) groups excluding carboxylic acids is 3. The van der Waals surface area contributed by atoms with Crippen LogP contribution in [-0.2, 0) is 19.1 Å². The molecule has 2 bridgehead atoms. The lowest BCUT2D eigenvalue weighted by molar-refractivity contribution is -0.147. The summed E-state index contributed by atoms with van der Waals surface area (Å²) in [5, 5.41) is 10.6. The first-order valence-electron chi connectivity index (χ1n) is 13.9. The lowest BCUT2D eigenvalue weighted by Gasteiger charge is -2.38. The van der Waals surface area contributed by atoms with Crippen molar-refractivity contribution >= 4 is 40.7 Å². The molecule has 0 aliphatic carbocycles. The zero-order valence-corrected chi connectivity index (χ0v) is 24.2. The zero-order chi connectivity index (χ0) is 29.5. The highest BCUT2D eigenvalue weighted by atomic mass is 35.5. The molecule has 3 amide bonds. The first-order chi connectivity index (χ1) is 19.6. The van der Waals surface area contributed by atoms with Gasteiger partial charge in [-0.2, -0.15) is 0 Å². The number of hydrogen-bond donors (Lipinski definition) is 1. The van der Waals surface area contributed by atoms with E-state index in [1.165, 1.54) is 9.80 Å². The number of benzene rings is 2. The maximum atomic E-state index is 14.6. The second-order valence-electron chi connectivity index (χ2n) is 11.3. The van der Waals surface area contributed by atoms with Gasteiger partial charge in [-0.25, -0.2) is 0 Å². The molecule has 9 heteroatoms. The summed E-state index contributed by atoms with van der Waals surface area (Å²) < 4.78 is 6.77. The molecule has 6 atom stereocenters. The van der Waals surface area contributed by atoms with Gasteiger partial charge >= 0.3 is 0 Å². The molecule has 1 spiro atoms.